The Morgan fingerprint density at radius 1 is 1.37 bits per heavy atom. The molecule has 19 heavy (non-hydrogen) atoms. The second-order valence-corrected chi connectivity index (χ2v) is 5.28. The zero-order valence-corrected chi connectivity index (χ0v) is 12.4. The Hall–Kier alpha value is -1.06. The monoisotopic (exact) mass is 262 g/mol. The van der Waals surface area contributed by atoms with Crippen molar-refractivity contribution >= 4 is 0 Å². The molecule has 1 saturated heterocycles. The number of benzene rings is 1. The third-order valence-electron chi connectivity index (χ3n) is 4.19. The molecule has 1 N–H and O–H groups in total. The molecule has 1 aromatic rings. The highest BCUT2D eigenvalue weighted by molar-refractivity contribution is 5.36. The number of ether oxygens (including phenoxy) is 1. The smallest absolute Gasteiger partial charge is 0.123 e. The van der Waals surface area contributed by atoms with Gasteiger partial charge in [0.25, 0.3) is 0 Å². The summed E-state index contributed by atoms with van der Waals surface area (Å²) in [7, 11) is 3.81. The lowest BCUT2D eigenvalue weighted by atomic mass is 9.84. The van der Waals surface area contributed by atoms with Gasteiger partial charge < -0.3 is 10.1 Å². The Balaban J connectivity index is 2.33. The fourth-order valence-electron chi connectivity index (χ4n) is 3.34. The topological polar surface area (TPSA) is 24.5 Å². The average Bonchev–Trinajstić information content (AvgIpc) is 2.47. The van der Waals surface area contributed by atoms with Crippen LogP contribution in [0.15, 0.2) is 24.3 Å². The predicted molar refractivity (Wildman–Crippen MR) is 79.6 cm³/mol. The molecule has 1 heterocycles. The number of piperidine rings is 1. The first kappa shape index (κ1) is 14.4. The molecule has 0 amide bonds. The molecule has 106 valence electrons. The summed E-state index contributed by atoms with van der Waals surface area (Å²) in [6.45, 7) is 5.62. The second-order valence-electron chi connectivity index (χ2n) is 5.28. The van der Waals surface area contributed by atoms with E-state index in [0.717, 1.165) is 18.8 Å². The van der Waals surface area contributed by atoms with Gasteiger partial charge in [-0.2, -0.15) is 0 Å². The van der Waals surface area contributed by atoms with E-state index in [1.807, 2.05) is 7.05 Å². The summed E-state index contributed by atoms with van der Waals surface area (Å²) in [5.41, 5.74) is 1.34. The van der Waals surface area contributed by atoms with Crippen molar-refractivity contribution in [2.24, 2.45) is 5.92 Å². The summed E-state index contributed by atoms with van der Waals surface area (Å²) in [5.74, 6) is 1.68. The third-order valence-corrected chi connectivity index (χ3v) is 4.19. The van der Waals surface area contributed by atoms with Crippen molar-refractivity contribution < 1.29 is 4.74 Å². The predicted octanol–water partition coefficient (Wildman–Crippen LogP) is 2.69. The fourth-order valence-corrected chi connectivity index (χ4v) is 3.34. The number of hydrogen-bond donors (Lipinski definition) is 1. The minimum atomic E-state index is 0.474. The van der Waals surface area contributed by atoms with Gasteiger partial charge in [-0.1, -0.05) is 25.1 Å². The molecule has 1 aromatic carbocycles. The van der Waals surface area contributed by atoms with E-state index in [-0.39, 0.29) is 0 Å². The number of nitrogens with zero attached hydrogens (tertiary/aromatic N) is 1. The van der Waals surface area contributed by atoms with Gasteiger partial charge in [-0.25, -0.2) is 0 Å². The molecule has 1 fully saturated rings. The number of para-hydroxylation sites is 1. The SMILES string of the molecule is CCN1CCCC(CNC)C1c1ccccc1OC. The largest absolute Gasteiger partial charge is 0.496 e. The van der Waals surface area contributed by atoms with Crippen molar-refractivity contribution in [2.75, 3.05) is 33.8 Å². The number of nitrogens with one attached hydrogen (secondary N) is 1. The zero-order valence-electron chi connectivity index (χ0n) is 12.4. The lowest BCUT2D eigenvalue weighted by Crippen LogP contribution is -2.42. The van der Waals surface area contributed by atoms with Crippen LogP contribution in [-0.2, 0) is 0 Å². The lowest BCUT2D eigenvalue weighted by Gasteiger charge is -2.41. The first-order valence-electron chi connectivity index (χ1n) is 7.33. The highest BCUT2D eigenvalue weighted by Crippen LogP contribution is 2.39. The Kier molecular flexibility index (Phi) is 5.23. The first-order valence-corrected chi connectivity index (χ1v) is 7.33. The van der Waals surface area contributed by atoms with Crippen molar-refractivity contribution in [2.45, 2.75) is 25.8 Å². The summed E-state index contributed by atoms with van der Waals surface area (Å²) in [6, 6.07) is 8.95. The highest BCUT2D eigenvalue weighted by atomic mass is 16.5. The Bertz CT molecular complexity index is 392. The summed E-state index contributed by atoms with van der Waals surface area (Å²) < 4.78 is 5.57. The summed E-state index contributed by atoms with van der Waals surface area (Å²) >= 11 is 0. The van der Waals surface area contributed by atoms with Gasteiger partial charge in [-0.05, 0) is 51.5 Å². The molecule has 3 nitrogen and oxygen atoms in total. The van der Waals surface area contributed by atoms with Crippen molar-refractivity contribution in [3.63, 3.8) is 0 Å². The quantitative estimate of drug-likeness (QED) is 0.883. The summed E-state index contributed by atoms with van der Waals surface area (Å²) in [6.07, 6.45) is 2.59. The molecule has 3 heteroatoms. The molecule has 0 aromatic heterocycles. The number of methoxy groups -OCH3 is 1. The van der Waals surface area contributed by atoms with E-state index in [4.69, 9.17) is 4.74 Å². The minimum Gasteiger partial charge on any atom is -0.496 e. The van der Waals surface area contributed by atoms with Crippen LogP contribution in [0, 0.1) is 5.92 Å². The molecular weight excluding hydrogens is 236 g/mol. The van der Waals surface area contributed by atoms with Gasteiger partial charge in [0.15, 0.2) is 0 Å². The molecule has 1 aliphatic rings. The standard InChI is InChI=1S/C16H26N2O/c1-4-18-11-7-8-13(12-17-2)16(18)14-9-5-6-10-15(14)19-3/h5-6,9-10,13,16-17H,4,7-8,11-12H2,1-3H3. The van der Waals surface area contributed by atoms with Gasteiger partial charge in [0.1, 0.15) is 5.75 Å². The first-order chi connectivity index (χ1) is 9.31. The van der Waals surface area contributed by atoms with Crippen LogP contribution in [0.4, 0.5) is 0 Å². The maximum absolute atomic E-state index is 5.57. The van der Waals surface area contributed by atoms with E-state index in [9.17, 15) is 0 Å². The van der Waals surface area contributed by atoms with Gasteiger partial charge in [0, 0.05) is 11.6 Å². The summed E-state index contributed by atoms with van der Waals surface area (Å²) in [4.78, 5) is 2.59. The maximum atomic E-state index is 5.57. The van der Waals surface area contributed by atoms with Crippen LogP contribution in [-0.4, -0.2) is 38.7 Å². The molecule has 0 bridgehead atoms. The minimum absolute atomic E-state index is 0.474. The molecule has 1 aliphatic heterocycles. The lowest BCUT2D eigenvalue weighted by molar-refractivity contribution is 0.0961. The van der Waals surface area contributed by atoms with Gasteiger partial charge in [0.05, 0.1) is 7.11 Å². The Labute approximate surface area is 116 Å². The van der Waals surface area contributed by atoms with Crippen molar-refractivity contribution in [1.29, 1.82) is 0 Å². The van der Waals surface area contributed by atoms with Gasteiger partial charge >= 0.3 is 0 Å². The van der Waals surface area contributed by atoms with Gasteiger partial charge in [0.2, 0.25) is 0 Å². The van der Waals surface area contributed by atoms with Gasteiger partial charge in [-0.3, -0.25) is 4.90 Å². The molecule has 2 unspecified atom stereocenters. The third kappa shape index (κ3) is 3.10. The Morgan fingerprint density at radius 3 is 2.84 bits per heavy atom. The molecule has 0 radical (unpaired) electrons. The van der Waals surface area contributed by atoms with E-state index < -0.39 is 0 Å². The van der Waals surface area contributed by atoms with Crippen molar-refractivity contribution in [3.8, 4) is 5.75 Å². The maximum Gasteiger partial charge on any atom is 0.123 e. The van der Waals surface area contributed by atoms with E-state index in [2.05, 4.69) is 41.4 Å². The number of hydrogen-bond acceptors (Lipinski definition) is 3. The summed E-state index contributed by atoms with van der Waals surface area (Å²) in [5, 5.41) is 3.35. The van der Waals surface area contributed by atoms with E-state index in [1.165, 1.54) is 24.9 Å². The fraction of sp³-hybridized carbons (Fsp3) is 0.625. The van der Waals surface area contributed by atoms with Crippen LogP contribution in [0.3, 0.4) is 0 Å². The van der Waals surface area contributed by atoms with Crippen molar-refractivity contribution in [1.82, 2.24) is 10.2 Å². The van der Waals surface area contributed by atoms with E-state index >= 15 is 0 Å². The van der Waals surface area contributed by atoms with E-state index in [0.29, 0.717) is 12.0 Å². The van der Waals surface area contributed by atoms with Crippen LogP contribution in [0.25, 0.3) is 0 Å². The van der Waals surface area contributed by atoms with Crippen LogP contribution in [0.2, 0.25) is 0 Å². The molecule has 2 rings (SSSR count). The van der Waals surface area contributed by atoms with Gasteiger partial charge in [-0.15, -0.1) is 0 Å². The van der Waals surface area contributed by atoms with Crippen LogP contribution < -0.4 is 10.1 Å². The highest BCUT2D eigenvalue weighted by Gasteiger charge is 2.32. The Morgan fingerprint density at radius 2 is 2.16 bits per heavy atom. The molecule has 0 saturated carbocycles. The molecule has 0 spiro atoms. The van der Waals surface area contributed by atoms with Crippen LogP contribution in [0.5, 0.6) is 5.75 Å². The van der Waals surface area contributed by atoms with E-state index in [1.54, 1.807) is 7.11 Å². The second kappa shape index (κ2) is 6.92. The number of likely N-dealkylation sites (tertiary alicyclic amines) is 1. The molecular formula is C16H26N2O. The molecule has 2 atom stereocenters. The normalized spacial score (nSPS) is 24.4. The number of rotatable bonds is 5. The average molecular weight is 262 g/mol. The molecule has 0 aliphatic carbocycles. The zero-order chi connectivity index (χ0) is 13.7. The van der Waals surface area contributed by atoms with Crippen molar-refractivity contribution in [3.05, 3.63) is 29.8 Å². The van der Waals surface area contributed by atoms with Crippen LogP contribution >= 0.6 is 0 Å². The van der Waals surface area contributed by atoms with Crippen LogP contribution in [0.1, 0.15) is 31.4 Å².